The van der Waals surface area contributed by atoms with E-state index in [4.69, 9.17) is 9.47 Å². The molecular weight excluding hydrogens is 242 g/mol. The number of carbonyl (C=O) groups is 1. The fourth-order valence-corrected chi connectivity index (χ4v) is 1.60. The Kier molecular flexibility index (Phi) is 7.66. The Labute approximate surface area is 115 Å². The standard InChI is InChI=1S/C15H23NO3/c1-3-18-10-5-9-16-15(17)8-11-19-14-7-4-6-13(2)12-14/h4,6-7,12H,3,5,8-11H2,1-2H3,(H,16,17). The van der Waals surface area contributed by atoms with E-state index in [9.17, 15) is 4.79 Å². The molecule has 0 aliphatic carbocycles. The maximum atomic E-state index is 11.5. The molecule has 0 aliphatic heterocycles. The average molecular weight is 265 g/mol. The highest BCUT2D eigenvalue weighted by molar-refractivity contribution is 5.75. The van der Waals surface area contributed by atoms with Gasteiger partial charge in [0.2, 0.25) is 5.91 Å². The first-order valence-corrected chi connectivity index (χ1v) is 6.76. The lowest BCUT2D eigenvalue weighted by Gasteiger charge is -2.07. The number of amides is 1. The first-order chi connectivity index (χ1) is 9.22. The Morgan fingerprint density at radius 2 is 2.16 bits per heavy atom. The summed E-state index contributed by atoms with van der Waals surface area (Å²) in [6, 6.07) is 7.81. The highest BCUT2D eigenvalue weighted by atomic mass is 16.5. The summed E-state index contributed by atoms with van der Waals surface area (Å²) < 4.78 is 10.7. The SMILES string of the molecule is CCOCCCNC(=O)CCOc1cccc(C)c1. The van der Waals surface area contributed by atoms with E-state index < -0.39 is 0 Å². The quantitative estimate of drug-likeness (QED) is 0.697. The molecule has 0 saturated carbocycles. The smallest absolute Gasteiger partial charge is 0.223 e. The lowest BCUT2D eigenvalue weighted by atomic mass is 10.2. The van der Waals surface area contributed by atoms with Gasteiger partial charge in [0, 0.05) is 19.8 Å². The van der Waals surface area contributed by atoms with Crippen molar-refractivity contribution in [3.05, 3.63) is 29.8 Å². The van der Waals surface area contributed by atoms with Crippen LogP contribution < -0.4 is 10.1 Å². The van der Waals surface area contributed by atoms with Crippen molar-refractivity contribution in [3.8, 4) is 5.75 Å². The summed E-state index contributed by atoms with van der Waals surface area (Å²) in [5.41, 5.74) is 1.15. The van der Waals surface area contributed by atoms with E-state index in [2.05, 4.69) is 5.32 Å². The van der Waals surface area contributed by atoms with Gasteiger partial charge >= 0.3 is 0 Å². The van der Waals surface area contributed by atoms with Crippen LogP contribution in [0.2, 0.25) is 0 Å². The number of carbonyl (C=O) groups excluding carboxylic acids is 1. The van der Waals surface area contributed by atoms with E-state index in [1.165, 1.54) is 0 Å². The fraction of sp³-hybridized carbons (Fsp3) is 0.533. The second-order valence-corrected chi connectivity index (χ2v) is 4.32. The van der Waals surface area contributed by atoms with E-state index in [0.29, 0.717) is 26.2 Å². The van der Waals surface area contributed by atoms with Crippen LogP contribution in [0.3, 0.4) is 0 Å². The van der Waals surface area contributed by atoms with Gasteiger partial charge in [0.25, 0.3) is 0 Å². The molecule has 19 heavy (non-hydrogen) atoms. The summed E-state index contributed by atoms with van der Waals surface area (Å²) in [5.74, 6) is 0.827. The van der Waals surface area contributed by atoms with E-state index in [0.717, 1.165) is 24.3 Å². The molecule has 1 aromatic carbocycles. The molecule has 0 aliphatic rings. The van der Waals surface area contributed by atoms with Crippen molar-refractivity contribution >= 4 is 5.91 Å². The summed E-state index contributed by atoms with van der Waals surface area (Å²) in [4.78, 5) is 11.5. The molecule has 4 nitrogen and oxygen atoms in total. The van der Waals surface area contributed by atoms with Crippen molar-refractivity contribution in [2.45, 2.75) is 26.7 Å². The van der Waals surface area contributed by atoms with Gasteiger partial charge in [-0.1, -0.05) is 12.1 Å². The van der Waals surface area contributed by atoms with Crippen molar-refractivity contribution < 1.29 is 14.3 Å². The topological polar surface area (TPSA) is 47.6 Å². The van der Waals surface area contributed by atoms with E-state index in [1.54, 1.807) is 0 Å². The average Bonchev–Trinajstić information content (AvgIpc) is 2.38. The Morgan fingerprint density at radius 1 is 1.32 bits per heavy atom. The summed E-state index contributed by atoms with van der Waals surface area (Å²) in [6.45, 7) is 6.44. The zero-order valence-corrected chi connectivity index (χ0v) is 11.8. The third-order valence-corrected chi connectivity index (χ3v) is 2.58. The molecule has 1 N–H and O–H groups in total. The van der Waals surface area contributed by atoms with E-state index in [-0.39, 0.29) is 5.91 Å². The van der Waals surface area contributed by atoms with Crippen molar-refractivity contribution in [1.82, 2.24) is 5.32 Å². The normalized spacial score (nSPS) is 10.2. The van der Waals surface area contributed by atoms with Gasteiger partial charge in [-0.15, -0.1) is 0 Å². The second kappa shape index (κ2) is 9.39. The molecule has 0 radical (unpaired) electrons. The molecule has 0 unspecified atom stereocenters. The number of ether oxygens (including phenoxy) is 2. The molecule has 0 aromatic heterocycles. The van der Waals surface area contributed by atoms with Gasteiger partial charge in [0.15, 0.2) is 0 Å². The maximum absolute atomic E-state index is 11.5. The van der Waals surface area contributed by atoms with Gasteiger partial charge in [0.05, 0.1) is 13.0 Å². The monoisotopic (exact) mass is 265 g/mol. The summed E-state index contributed by atoms with van der Waals surface area (Å²) >= 11 is 0. The Hall–Kier alpha value is -1.55. The Bertz CT molecular complexity index is 379. The maximum Gasteiger partial charge on any atom is 0.223 e. The third kappa shape index (κ3) is 7.47. The third-order valence-electron chi connectivity index (χ3n) is 2.58. The van der Waals surface area contributed by atoms with Crippen LogP contribution in [-0.2, 0) is 9.53 Å². The molecule has 0 atom stereocenters. The number of rotatable bonds is 9. The fourth-order valence-electron chi connectivity index (χ4n) is 1.60. The molecule has 0 fully saturated rings. The molecule has 106 valence electrons. The lowest BCUT2D eigenvalue weighted by Crippen LogP contribution is -2.26. The van der Waals surface area contributed by atoms with E-state index in [1.807, 2.05) is 38.1 Å². The minimum atomic E-state index is 0.0177. The van der Waals surface area contributed by atoms with Crippen LogP contribution in [0.1, 0.15) is 25.3 Å². The van der Waals surface area contributed by atoms with Crippen LogP contribution >= 0.6 is 0 Å². The number of benzene rings is 1. The number of aryl methyl sites for hydroxylation is 1. The molecule has 0 bridgehead atoms. The molecule has 0 saturated heterocycles. The predicted molar refractivity (Wildman–Crippen MR) is 75.4 cm³/mol. The van der Waals surface area contributed by atoms with Gasteiger partial charge in [0.1, 0.15) is 5.75 Å². The van der Waals surface area contributed by atoms with Crippen LogP contribution in [0.4, 0.5) is 0 Å². The van der Waals surface area contributed by atoms with Gasteiger partial charge < -0.3 is 14.8 Å². The zero-order valence-electron chi connectivity index (χ0n) is 11.8. The Morgan fingerprint density at radius 3 is 2.89 bits per heavy atom. The first kappa shape index (κ1) is 15.5. The molecule has 1 rings (SSSR count). The summed E-state index contributed by atoms with van der Waals surface area (Å²) in [6.07, 6.45) is 1.22. The molecule has 0 spiro atoms. The van der Waals surface area contributed by atoms with Crippen molar-refractivity contribution in [1.29, 1.82) is 0 Å². The van der Waals surface area contributed by atoms with Crippen LogP contribution in [0.5, 0.6) is 5.75 Å². The molecule has 1 aromatic rings. The van der Waals surface area contributed by atoms with Gasteiger partial charge in [-0.2, -0.15) is 0 Å². The van der Waals surface area contributed by atoms with Crippen molar-refractivity contribution in [3.63, 3.8) is 0 Å². The van der Waals surface area contributed by atoms with Crippen molar-refractivity contribution in [2.24, 2.45) is 0 Å². The van der Waals surface area contributed by atoms with Crippen LogP contribution in [0, 0.1) is 6.92 Å². The number of hydrogen-bond acceptors (Lipinski definition) is 3. The van der Waals surface area contributed by atoms with Crippen LogP contribution in [-0.4, -0.2) is 32.3 Å². The lowest BCUT2D eigenvalue weighted by molar-refractivity contribution is -0.121. The van der Waals surface area contributed by atoms with Gasteiger partial charge in [-0.3, -0.25) is 4.79 Å². The second-order valence-electron chi connectivity index (χ2n) is 4.32. The summed E-state index contributed by atoms with van der Waals surface area (Å²) in [5, 5.41) is 2.84. The first-order valence-electron chi connectivity index (χ1n) is 6.76. The number of nitrogens with one attached hydrogen (secondary N) is 1. The zero-order chi connectivity index (χ0) is 13.9. The van der Waals surface area contributed by atoms with Crippen LogP contribution in [0.25, 0.3) is 0 Å². The molecule has 1 amide bonds. The Balaban J connectivity index is 2.07. The molecule has 0 heterocycles. The van der Waals surface area contributed by atoms with Crippen molar-refractivity contribution in [2.75, 3.05) is 26.4 Å². The summed E-state index contributed by atoms with van der Waals surface area (Å²) in [7, 11) is 0. The highest BCUT2D eigenvalue weighted by Gasteiger charge is 2.01. The highest BCUT2D eigenvalue weighted by Crippen LogP contribution is 2.12. The van der Waals surface area contributed by atoms with E-state index >= 15 is 0 Å². The minimum Gasteiger partial charge on any atom is -0.493 e. The molecule has 4 heteroatoms. The number of hydrogen-bond donors (Lipinski definition) is 1. The largest absolute Gasteiger partial charge is 0.493 e. The van der Waals surface area contributed by atoms with Crippen LogP contribution in [0.15, 0.2) is 24.3 Å². The van der Waals surface area contributed by atoms with Gasteiger partial charge in [-0.25, -0.2) is 0 Å². The van der Waals surface area contributed by atoms with Gasteiger partial charge in [-0.05, 0) is 38.0 Å². The predicted octanol–water partition coefficient (Wildman–Crippen LogP) is 2.31. The minimum absolute atomic E-state index is 0.0177. The molecular formula is C15H23NO3.